The number of hydrogen-bond acceptors (Lipinski definition) is 4. The molecule has 0 unspecified atom stereocenters. The second kappa shape index (κ2) is 3.95. The molecular weight excluding hydrogens is 182 g/mol. The number of nitrogens with two attached hydrogens (primary N) is 2. The molecule has 0 atom stereocenters. The molecule has 14 heavy (non-hydrogen) atoms. The molecule has 5 heteroatoms. The van der Waals surface area contributed by atoms with Crippen molar-refractivity contribution in [1.82, 2.24) is 4.98 Å². The maximum Gasteiger partial charge on any atom is 0.254 e. The van der Waals surface area contributed by atoms with Gasteiger partial charge >= 0.3 is 0 Å². The van der Waals surface area contributed by atoms with Crippen molar-refractivity contribution in [1.29, 1.82) is 0 Å². The van der Waals surface area contributed by atoms with Gasteiger partial charge < -0.3 is 16.2 Å². The van der Waals surface area contributed by atoms with Crippen LogP contribution in [0, 0.1) is 6.92 Å². The van der Waals surface area contributed by atoms with Gasteiger partial charge in [-0.2, -0.15) is 4.98 Å². The van der Waals surface area contributed by atoms with Crippen molar-refractivity contribution in [2.45, 2.75) is 13.8 Å². The highest BCUT2D eigenvalue weighted by Crippen LogP contribution is 2.21. The third-order valence-corrected chi connectivity index (χ3v) is 1.73. The van der Waals surface area contributed by atoms with E-state index in [0.717, 1.165) is 0 Å². The molecule has 0 aliphatic carbocycles. The first-order valence-electron chi connectivity index (χ1n) is 4.26. The first-order valence-corrected chi connectivity index (χ1v) is 4.26. The average Bonchev–Trinajstić information content (AvgIpc) is 2.01. The summed E-state index contributed by atoms with van der Waals surface area (Å²) in [4.78, 5) is 15.0. The Morgan fingerprint density at radius 1 is 1.64 bits per heavy atom. The topological polar surface area (TPSA) is 91.2 Å². The smallest absolute Gasteiger partial charge is 0.254 e. The zero-order valence-electron chi connectivity index (χ0n) is 8.20. The lowest BCUT2D eigenvalue weighted by Crippen LogP contribution is -2.16. The molecule has 1 amide bonds. The molecule has 4 N–H and O–H groups in total. The van der Waals surface area contributed by atoms with Crippen LogP contribution in [0.2, 0.25) is 0 Å². The molecule has 5 nitrogen and oxygen atoms in total. The number of aromatic nitrogens is 1. The number of anilines is 1. The number of amides is 1. The van der Waals surface area contributed by atoms with Crippen LogP contribution in [-0.2, 0) is 0 Å². The van der Waals surface area contributed by atoms with Gasteiger partial charge in [0.05, 0.1) is 6.61 Å². The van der Waals surface area contributed by atoms with Crippen LogP contribution in [-0.4, -0.2) is 17.5 Å². The van der Waals surface area contributed by atoms with Gasteiger partial charge in [0.2, 0.25) is 5.88 Å². The summed E-state index contributed by atoms with van der Waals surface area (Å²) in [6.07, 6.45) is 0. The Bertz CT molecular complexity index is 363. The van der Waals surface area contributed by atoms with Crippen LogP contribution in [0.1, 0.15) is 22.8 Å². The minimum absolute atomic E-state index is 0.206. The lowest BCUT2D eigenvalue weighted by molar-refractivity contribution is 0.0995. The maximum atomic E-state index is 11.1. The van der Waals surface area contributed by atoms with E-state index in [1.807, 2.05) is 0 Å². The molecule has 0 saturated carbocycles. The Labute approximate surface area is 82.1 Å². The Kier molecular flexibility index (Phi) is 2.91. The van der Waals surface area contributed by atoms with Crippen LogP contribution < -0.4 is 16.2 Å². The van der Waals surface area contributed by atoms with Gasteiger partial charge in [0.15, 0.2) is 0 Å². The molecule has 0 spiro atoms. The van der Waals surface area contributed by atoms with Crippen LogP contribution in [0.25, 0.3) is 0 Å². The molecular formula is C9H13N3O2. The minimum atomic E-state index is -0.557. The number of carbonyl (C=O) groups is 1. The number of carbonyl (C=O) groups excluding carboxylic acids is 1. The number of primary amides is 1. The van der Waals surface area contributed by atoms with Crippen molar-refractivity contribution >= 4 is 11.7 Å². The van der Waals surface area contributed by atoms with E-state index in [4.69, 9.17) is 16.2 Å². The number of nitrogen functional groups attached to an aromatic ring is 1. The van der Waals surface area contributed by atoms with Gasteiger partial charge in [-0.15, -0.1) is 0 Å². The van der Waals surface area contributed by atoms with Crippen LogP contribution in [0.3, 0.4) is 0 Å². The zero-order chi connectivity index (χ0) is 10.7. The third-order valence-electron chi connectivity index (χ3n) is 1.73. The molecule has 0 bridgehead atoms. The standard InChI is InChI=1S/C9H13N3O2/c1-3-14-9-7(8(11)13)5(2)4-6(10)12-9/h4H,3H2,1-2H3,(H2,10,12)(H2,11,13). The van der Waals surface area contributed by atoms with Crippen LogP contribution in [0.5, 0.6) is 5.88 Å². The number of pyridine rings is 1. The van der Waals surface area contributed by atoms with Gasteiger partial charge in [0.25, 0.3) is 5.91 Å². The summed E-state index contributed by atoms with van der Waals surface area (Å²) in [6.45, 7) is 3.95. The van der Waals surface area contributed by atoms with Gasteiger partial charge in [-0.25, -0.2) is 0 Å². The highest BCUT2D eigenvalue weighted by atomic mass is 16.5. The van der Waals surface area contributed by atoms with E-state index in [-0.39, 0.29) is 5.88 Å². The van der Waals surface area contributed by atoms with Gasteiger partial charge in [-0.05, 0) is 25.5 Å². The number of rotatable bonds is 3. The van der Waals surface area contributed by atoms with Crippen molar-refractivity contribution in [3.63, 3.8) is 0 Å². The van der Waals surface area contributed by atoms with Gasteiger partial charge in [0.1, 0.15) is 11.4 Å². The van der Waals surface area contributed by atoms with E-state index < -0.39 is 5.91 Å². The van der Waals surface area contributed by atoms with E-state index >= 15 is 0 Å². The molecule has 0 aromatic carbocycles. The SMILES string of the molecule is CCOc1nc(N)cc(C)c1C(N)=O. The Morgan fingerprint density at radius 2 is 2.29 bits per heavy atom. The summed E-state index contributed by atoms with van der Waals surface area (Å²) < 4.78 is 5.17. The van der Waals surface area contributed by atoms with Crippen LogP contribution >= 0.6 is 0 Å². The number of nitrogens with zero attached hydrogens (tertiary/aromatic N) is 1. The largest absolute Gasteiger partial charge is 0.477 e. The van der Waals surface area contributed by atoms with Gasteiger partial charge in [-0.3, -0.25) is 4.79 Å². The molecule has 0 fully saturated rings. The van der Waals surface area contributed by atoms with Crippen molar-refractivity contribution in [2.24, 2.45) is 5.73 Å². The number of hydrogen-bond donors (Lipinski definition) is 2. The van der Waals surface area contributed by atoms with E-state index in [1.54, 1.807) is 19.9 Å². The number of ether oxygens (including phenoxy) is 1. The molecule has 1 heterocycles. The van der Waals surface area contributed by atoms with E-state index in [2.05, 4.69) is 4.98 Å². The Morgan fingerprint density at radius 3 is 2.79 bits per heavy atom. The molecule has 1 aromatic heterocycles. The fourth-order valence-corrected chi connectivity index (χ4v) is 1.21. The van der Waals surface area contributed by atoms with Crippen molar-refractivity contribution in [3.8, 4) is 5.88 Å². The molecule has 0 aliphatic rings. The zero-order valence-corrected chi connectivity index (χ0v) is 8.20. The summed E-state index contributed by atoms with van der Waals surface area (Å²) in [5, 5.41) is 0. The summed E-state index contributed by atoms with van der Waals surface area (Å²) >= 11 is 0. The highest BCUT2D eigenvalue weighted by molar-refractivity contribution is 5.96. The van der Waals surface area contributed by atoms with Gasteiger partial charge in [-0.1, -0.05) is 0 Å². The predicted molar refractivity (Wildman–Crippen MR) is 53.1 cm³/mol. The van der Waals surface area contributed by atoms with Crippen LogP contribution in [0.4, 0.5) is 5.82 Å². The molecule has 1 rings (SSSR count). The maximum absolute atomic E-state index is 11.1. The second-order valence-electron chi connectivity index (χ2n) is 2.84. The van der Waals surface area contributed by atoms with Crippen molar-refractivity contribution in [3.05, 3.63) is 17.2 Å². The van der Waals surface area contributed by atoms with Gasteiger partial charge in [0, 0.05) is 0 Å². The molecule has 0 radical (unpaired) electrons. The van der Waals surface area contributed by atoms with Crippen molar-refractivity contribution in [2.75, 3.05) is 12.3 Å². The molecule has 76 valence electrons. The quantitative estimate of drug-likeness (QED) is 0.733. The average molecular weight is 195 g/mol. The summed E-state index contributed by atoms with van der Waals surface area (Å²) in [6, 6.07) is 1.59. The molecule has 0 aliphatic heterocycles. The Balaban J connectivity index is 3.28. The second-order valence-corrected chi connectivity index (χ2v) is 2.84. The van der Waals surface area contributed by atoms with Crippen LogP contribution in [0.15, 0.2) is 6.07 Å². The third kappa shape index (κ3) is 1.93. The minimum Gasteiger partial charge on any atom is -0.477 e. The lowest BCUT2D eigenvalue weighted by Gasteiger charge is -2.09. The van der Waals surface area contributed by atoms with E-state index in [9.17, 15) is 4.79 Å². The summed E-state index contributed by atoms with van der Waals surface area (Å²) in [7, 11) is 0. The normalized spacial score (nSPS) is 9.86. The summed E-state index contributed by atoms with van der Waals surface area (Å²) in [5.41, 5.74) is 11.7. The highest BCUT2D eigenvalue weighted by Gasteiger charge is 2.14. The fraction of sp³-hybridized carbons (Fsp3) is 0.333. The molecule has 0 saturated heterocycles. The Hall–Kier alpha value is -1.78. The predicted octanol–water partition coefficient (Wildman–Crippen LogP) is 0.470. The van der Waals surface area contributed by atoms with E-state index in [1.165, 1.54) is 0 Å². The first kappa shape index (κ1) is 10.3. The summed E-state index contributed by atoms with van der Waals surface area (Å²) in [5.74, 6) is -0.0353. The van der Waals surface area contributed by atoms with Crippen molar-refractivity contribution < 1.29 is 9.53 Å². The van der Waals surface area contributed by atoms with E-state index in [0.29, 0.717) is 23.6 Å². The first-order chi connectivity index (χ1) is 6.56. The number of aryl methyl sites for hydroxylation is 1. The fourth-order valence-electron chi connectivity index (χ4n) is 1.21. The molecule has 1 aromatic rings. The monoisotopic (exact) mass is 195 g/mol. The lowest BCUT2D eigenvalue weighted by atomic mass is 10.1.